The van der Waals surface area contributed by atoms with Crippen LogP contribution in [0, 0.1) is 11.8 Å². The highest BCUT2D eigenvalue weighted by molar-refractivity contribution is 6.77. The summed E-state index contributed by atoms with van der Waals surface area (Å²) in [5.41, 5.74) is 1.61. The second-order valence-electron chi connectivity index (χ2n) is 12.4. The minimum atomic E-state index is -2.50. The van der Waals surface area contributed by atoms with E-state index in [0.717, 1.165) is 12.0 Å². The Morgan fingerprint density at radius 2 is 1.48 bits per heavy atom. The van der Waals surface area contributed by atoms with Crippen molar-refractivity contribution in [2.24, 2.45) is 11.8 Å². The fourth-order valence-electron chi connectivity index (χ4n) is 5.70. The minimum absolute atomic E-state index is 0.0295. The molecule has 0 heterocycles. The number of hydrogen-bond acceptors (Lipinski definition) is 7. The molecule has 1 aromatic carbocycles. The molecule has 4 atom stereocenters. The van der Waals surface area contributed by atoms with Crippen molar-refractivity contribution in [2.45, 2.75) is 124 Å². The summed E-state index contributed by atoms with van der Waals surface area (Å²) in [6.07, 6.45) is -0.259. The zero-order valence-electron chi connectivity index (χ0n) is 27.5. The Labute approximate surface area is 255 Å². The average Bonchev–Trinajstić information content (AvgIpc) is 2.93. The van der Waals surface area contributed by atoms with Gasteiger partial charge >= 0.3 is 18.0 Å². The van der Waals surface area contributed by atoms with Gasteiger partial charge in [0, 0.05) is 5.92 Å². The summed E-state index contributed by atoms with van der Waals surface area (Å²) in [6, 6.07) is 8.93. The van der Waals surface area contributed by atoms with Gasteiger partial charge in [-0.3, -0.25) is 4.79 Å². The summed E-state index contributed by atoms with van der Waals surface area (Å²) in [7, 11) is -2.50. The maximum atomic E-state index is 13.5. The fraction of sp³-hybridized carbons (Fsp3) is 0.667. The van der Waals surface area contributed by atoms with E-state index >= 15 is 0 Å². The predicted octanol–water partition coefficient (Wildman–Crippen LogP) is 7.58. The molecular weight excluding hydrogens is 550 g/mol. The molecule has 0 aliphatic carbocycles. The van der Waals surface area contributed by atoms with Crippen LogP contribution in [0.15, 0.2) is 43.0 Å². The van der Waals surface area contributed by atoms with E-state index in [-0.39, 0.29) is 48.1 Å². The number of esters is 2. The average molecular weight is 606 g/mol. The van der Waals surface area contributed by atoms with Crippen molar-refractivity contribution >= 4 is 26.3 Å². The fourth-order valence-corrected chi connectivity index (χ4v) is 11.3. The number of ether oxygens (including phenoxy) is 3. The number of carbonyl (C=O) groups is 3. The third kappa shape index (κ3) is 10.9. The van der Waals surface area contributed by atoms with Crippen LogP contribution in [-0.2, 0) is 34.8 Å². The highest BCUT2D eigenvalue weighted by atomic mass is 28.4. The lowest BCUT2D eigenvalue weighted by Gasteiger charge is -2.46. The largest absolute Gasteiger partial charge is 0.459 e. The van der Waals surface area contributed by atoms with Crippen molar-refractivity contribution in [2.75, 3.05) is 6.61 Å². The third-order valence-electron chi connectivity index (χ3n) is 8.02. The monoisotopic (exact) mass is 605 g/mol. The van der Waals surface area contributed by atoms with Crippen LogP contribution < -0.4 is 5.32 Å². The van der Waals surface area contributed by atoms with Gasteiger partial charge in [0.1, 0.15) is 13.2 Å². The van der Waals surface area contributed by atoms with Crippen LogP contribution in [0.4, 0.5) is 4.79 Å². The Balaban J connectivity index is 3.40. The van der Waals surface area contributed by atoms with Gasteiger partial charge in [0.15, 0.2) is 0 Å². The van der Waals surface area contributed by atoms with Crippen LogP contribution in [0.5, 0.6) is 0 Å². The van der Waals surface area contributed by atoms with Crippen LogP contribution in [0.2, 0.25) is 16.6 Å². The molecule has 238 valence electrons. The van der Waals surface area contributed by atoms with Gasteiger partial charge < -0.3 is 24.0 Å². The van der Waals surface area contributed by atoms with Crippen molar-refractivity contribution in [3.8, 4) is 0 Å². The molecule has 1 aromatic rings. The SMILES string of the molecule is C=CCOC(=O)[C@@H](OC(=O)C[C@H](O[Si](C(C)C)(C(C)C)C(C)C)[C@@H](NC(=O)OCc1ccccc1)[C@H](C)CC)C(C)C. The molecule has 0 aliphatic rings. The molecule has 0 unspecified atom stereocenters. The third-order valence-corrected chi connectivity index (χ3v) is 14.2. The summed E-state index contributed by atoms with van der Waals surface area (Å²) in [4.78, 5) is 39.2. The van der Waals surface area contributed by atoms with E-state index in [0.29, 0.717) is 0 Å². The summed E-state index contributed by atoms with van der Waals surface area (Å²) < 4.78 is 23.6. The number of alkyl carbamates (subject to hydrolysis) is 1. The Bertz CT molecular complexity index is 958. The van der Waals surface area contributed by atoms with Crippen molar-refractivity contribution < 1.29 is 33.0 Å². The van der Waals surface area contributed by atoms with Gasteiger partial charge in [0.25, 0.3) is 0 Å². The Morgan fingerprint density at radius 3 is 1.95 bits per heavy atom. The molecule has 0 bridgehead atoms. The molecule has 0 saturated carbocycles. The smallest absolute Gasteiger partial charge is 0.407 e. The summed E-state index contributed by atoms with van der Waals surface area (Å²) in [6.45, 7) is 24.4. The normalized spacial score (nSPS) is 14.8. The molecule has 0 aromatic heterocycles. The van der Waals surface area contributed by atoms with Crippen molar-refractivity contribution in [3.63, 3.8) is 0 Å². The van der Waals surface area contributed by atoms with E-state index in [2.05, 4.69) is 53.4 Å². The van der Waals surface area contributed by atoms with Crippen molar-refractivity contribution in [1.82, 2.24) is 5.32 Å². The molecule has 1 rings (SSSR count). The van der Waals surface area contributed by atoms with E-state index in [1.165, 1.54) is 6.08 Å². The van der Waals surface area contributed by atoms with Gasteiger partial charge in [-0.05, 0) is 28.1 Å². The van der Waals surface area contributed by atoms with Crippen molar-refractivity contribution in [3.05, 3.63) is 48.6 Å². The highest BCUT2D eigenvalue weighted by Crippen LogP contribution is 2.44. The molecular formula is C33H55NO7Si. The first-order valence-electron chi connectivity index (χ1n) is 15.3. The predicted molar refractivity (Wildman–Crippen MR) is 169 cm³/mol. The first-order chi connectivity index (χ1) is 19.7. The lowest BCUT2D eigenvalue weighted by atomic mass is 9.93. The molecule has 0 aliphatic heterocycles. The highest BCUT2D eigenvalue weighted by Gasteiger charge is 2.49. The van der Waals surface area contributed by atoms with E-state index < -0.39 is 44.6 Å². The van der Waals surface area contributed by atoms with Gasteiger partial charge in [-0.1, -0.05) is 119 Å². The molecule has 8 nitrogen and oxygen atoms in total. The Hall–Kier alpha value is -2.65. The van der Waals surface area contributed by atoms with Gasteiger partial charge in [0.2, 0.25) is 14.4 Å². The number of benzene rings is 1. The van der Waals surface area contributed by atoms with E-state index in [1.54, 1.807) is 13.8 Å². The van der Waals surface area contributed by atoms with E-state index in [9.17, 15) is 14.4 Å². The standard InChI is InChI=1S/C33H55NO7Si/c1-12-19-38-32(36)31(22(3)4)40-29(35)20-28(41-42(23(5)6,24(7)8)25(9)10)30(26(11)13-2)34-33(37)39-21-27-17-15-14-16-18-27/h12,14-18,22-26,28,30-31H,1,13,19-21H2,2-11H3,(H,34,37)/t26-,28+,30+,31+/m1/s1. The number of carbonyl (C=O) groups excluding carboxylic acids is 3. The van der Waals surface area contributed by atoms with Crippen LogP contribution in [0.25, 0.3) is 0 Å². The lowest BCUT2D eigenvalue weighted by Crippen LogP contribution is -2.57. The molecule has 0 fully saturated rings. The zero-order chi connectivity index (χ0) is 32.0. The number of nitrogens with one attached hydrogen (secondary N) is 1. The lowest BCUT2D eigenvalue weighted by molar-refractivity contribution is -0.171. The van der Waals surface area contributed by atoms with E-state index in [1.807, 2.05) is 44.2 Å². The van der Waals surface area contributed by atoms with Crippen LogP contribution in [0.1, 0.15) is 87.6 Å². The maximum absolute atomic E-state index is 13.5. The Morgan fingerprint density at radius 1 is 0.905 bits per heavy atom. The molecule has 0 saturated heterocycles. The van der Waals surface area contributed by atoms with Crippen LogP contribution in [-0.4, -0.2) is 51.2 Å². The first kappa shape index (κ1) is 37.4. The number of rotatable bonds is 18. The second kappa shape index (κ2) is 18.1. The van der Waals surface area contributed by atoms with Crippen LogP contribution >= 0.6 is 0 Å². The minimum Gasteiger partial charge on any atom is -0.459 e. The van der Waals surface area contributed by atoms with Crippen LogP contribution in [0.3, 0.4) is 0 Å². The van der Waals surface area contributed by atoms with Gasteiger partial charge in [-0.25, -0.2) is 9.59 Å². The van der Waals surface area contributed by atoms with E-state index in [4.69, 9.17) is 18.6 Å². The van der Waals surface area contributed by atoms with Crippen molar-refractivity contribution in [1.29, 1.82) is 0 Å². The second-order valence-corrected chi connectivity index (χ2v) is 17.8. The summed E-state index contributed by atoms with van der Waals surface area (Å²) >= 11 is 0. The number of amides is 1. The molecule has 0 radical (unpaired) electrons. The zero-order valence-corrected chi connectivity index (χ0v) is 28.5. The quantitative estimate of drug-likeness (QED) is 0.0797. The van der Waals surface area contributed by atoms with Gasteiger partial charge in [-0.2, -0.15) is 0 Å². The molecule has 9 heteroatoms. The summed E-state index contributed by atoms with van der Waals surface area (Å²) in [5.74, 6) is -1.53. The van der Waals surface area contributed by atoms with Gasteiger partial charge in [-0.15, -0.1) is 0 Å². The molecule has 1 amide bonds. The number of hydrogen-bond donors (Lipinski definition) is 1. The van der Waals surface area contributed by atoms with Gasteiger partial charge in [0.05, 0.1) is 18.6 Å². The molecule has 42 heavy (non-hydrogen) atoms. The topological polar surface area (TPSA) is 100 Å². The summed E-state index contributed by atoms with van der Waals surface area (Å²) in [5, 5.41) is 3.04. The Kier molecular flexibility index (Phi) is 16.1. The molecule has 1 N–H and O–H groups in total. The maximum Gasteiger partial charge on any atom is 0.407 e. The first-order valence-corrected chi connectivity index (χ1v) is 17.5. The molecule has 0 spiro atoms.